The number of amides is 2. The number of halogens is 2. The van der Waals surface area contributed by atoms with E-state index in [4.69, 9.17) is 0 Å². The molecule has 0 saturated carbocycles. The normalized spacial score (nSPS) is 15.1. The molecule has 32 heavy (non-hydrogen) atoms. The van der Waals surface area contributed by atoms with Gasteiger partial charge in [-0.3, -0.25) is 4.98 Å². The van der Waals surface area contributed by atoms with E-state index in [-0.39, 0.29) is 25.3 Å². The van der Waals surface area contributed by atoms with E-state index in [1.165, 1.54) is 22.6 Å². The van der Waals surface area contributed by atoms with Gasteiger partial charge in [-0.15, -0.1) is 0 Å². The topological polar surface area (TPSA) is 82.6 Å². The molecule has 1 N–H and O–H groups in total. The maximum Gasteiger partial charge on any atom is 0.321 e. The van der Waals surface area contributed by atoms with E-state index in [9.17, 15) is 22.0 Å². The average Bonchev–Trinajstić information content (AvgIpc) is 2.73. The first-order valence-corrected chi connectivity index (χ1v) is 11.7. The third-order valence-corrected chi connectivity index (χ3v) is 7.40. The first-order valence-electron chi connectivity index (χ1n) is 10.1. The van der Waals surface area contributed by atoms with Gasteiger partial charge in [-0.1, -0.05) is 14.4 Å². The average molecular weight is 469 g/mol. The smallest absolute Gasteiger partial charge is 0.321 e. The molecule has 0 aliphatic carbocycles. The van der Waals surface area contributed by atoms with Gasteiger partial charge in [0.25, 0.3) is 0 Å². The number of carbonyl (C=O) groups excluding carboxylic acids is 1. The maximum atomic E-state index is 13.4. The number of sulfonamides is 1. The van der Waals surface area contributed by atoms with Crippen molar-refractivity contribution in [3.63, 3.8) is 0 Å². The molecule has 3 rings (SSSR count). The molecule has 0 bridgehead atoms. The second-order valence-corrected chi connectivity index (χ2v) is 9.67. The predicted molar refractivity (Wildman–Crippen MR) is 122 cm³/mol. The Labute approximate surface area is 188 Å². The number of nitrogens with one attached hydrogen (secondary N) is 1. The number of piperidine rings is 1. The number of carbonyl (C=O) groups is 1. The molecule has 10 heteroatoms. The van der Waals surface area contributed by atoms with Gasteiger partial charge in [0.05, 0.1) is 23.3 Å². The second kappa shape index (κ2) is 10.8. The van der Waals surface area contributed by atoms with Gasteiger partial charge < -0.3 is 10.2 Å². The fraction of sp³-hybridized carbons (Fsp3) is 0.455. The third kappa shape index (κ3) is 6.23. The lowest BCUT2D eigenvalue weighted by Gasteiger charge is -2.36. The molecule has 7 nitrogen and oxygen atoms in total. The Morgan fingerprint density at radius 2 is 1.81 bits per heavy atom. The molecular weight excluding hydrogens is 438 g/mol. The quantitative estimate of drug-likeness (QED) is 0.684. The van der Waals surface area contributed by atoms with Crippen LogP contribution in [0.4, 0.5) is 19.3 Å². The highest BCUT2D eigenvalue weighted by atomic mass is 32.2. The van der Waals surface area contributed by atoms with Gasteiger partial charge in [-0.2, -0.15) is 0 Å². The molecule has 2 heterocycles. The summed E-state index contributed by atoms with van der Waals surface area (Å²) in [6.45, 7) is 2.62. The van der Waals surface area contributed by atoms with E-state index in [1.54, 1.807) is 24.1 Å². The van der Waals surface area contributed by atoms with Crippen LogP contribution in [0.2, 0.25) is 0 Å². The van der Waals surface area contributed by atoms with E-state index < -0.39 is 21.7 Å². The fourth-order valence-electron chi connectivity index (χ4n) is 3.61. The van der Waals surface area contributed by atoms with Crippen molar-refractivity contribution in [3.05, 3.63) is 48.2 Å². The van der Waals surface area contributed by atoms with Crippen LogP contribution in [0, 0.1) is 11.6 Å². The highest BCUT2D eigenvalue weighted by Crippen LogP contribution is 2.22. The Kier molecular flexibility index (Phi) is 8.68. The molecule has 1 aromatic heterocycles. The summed E-state index contributed by atoms with van der Waals surface area (Å²) in [6, 6.07) is 5.93. The Balaban J connectivity index is 0.00000363. The number of anilines is 1. The summed E-state index contributed by atoms with van der Waals surface area (Å²) in [7, 11) is -1.55. The predicted octanol–water partition coefficient (Wildman–Crippen LogP) is 4.33. The van der Waals surface area contributed by atoms with Gasteiger partial charge in [0.15, 0.2) is 0 Å². The maximum absolute atomic E-state index is 13.4. The van der Waals surface area contributed by atoms with Crippen molar-refractivity contribution in [1.82, 2.24) is 14.2 Å². The summed E-state index contributed by atoms with van der Waals surface area (Å²) in [5.74, 6) is -1.24. The van der Waals surface area contributed by atoms with Crippen molar-refractivity contribution < 1.29 is 22.0 Å². The van der Waals surface area contributed by atoms with E-state index in [2.05, 4.69) is 10.3 Å². The zero-order chi connectivity index (χ0) is 22.6. The second-order valence-electron chi connectivity index (χ2n) is 7.58. The van der Waals surface area contributed by atoms with Crippen LogP contribution in [0.25, 0.3) is 11.3 Å². The molecule has 0 atom stereocenters. The van der Waals surface area contributed by atoms with E-state index >= 15 is 0 Å². The van der Waals surface area contributed by atoms with E-state index in [0.717, 1.165) is 6.07 Å². The van der Waals surface area contributed by atoms with Crippen LogP contribution in [0.15, 0.2) is 36.5 Å². The van der Waals surface area contributed by atoms with Crippen LogP contribution < -0.4 is 5.32 Å². The Bertz CT molecular complexity index is 1000. The van der Waals surface area contributed by atoms with Gasteiger partial charge in [0, 0.05) is 37.8 Å². The summed E-state index contributed by atoms with van der Waals surface area (Å²) in [6.07, 6.45) is 3.12. The Hall–Kier alpha value is -2.59. The van der Waals surface area contributed by atoms with Crippen LogP contribution >= 0.6 is 0 Å². The SMILES string of the molecule is C.CCCS(=O)(=O)N1CCC(N(C)C(=O)Nc2ccc(-c3cc(F)cc(F)c3)nc2)CC1. The number of rotatable bonds is 6. The van der Waals surface area contributed by atoms with Gasteiger partial charge >= 0.3 is 6.03 Å². The minimum absolute atomic E-state index is 0. The lowest BCUT2D eigenvalue weighted by molar-refractivity contribution is 0.174. The Morgan fingerprint density at radius 3 is 2.34 bits per heavy atom. The van der Waals surface area contributed by atoms with Crippen LogP contribution in [-0.4, -0.2) is 60.6 Å². The first kappa shape index (κ1) is 25.7. The van der Waals surface area contributed by atoms with E-state index in [1.807, 2.05) is 6.92 Å². The molecule has 2 amide bonds. The fourth-order valence-corrected chi connectivity index (χ4v) is 5.15. The molecule has 1 aromatic carbocycles. The third-order valence-electron chi connectivity index (χ3n) is 5.32. The molecule has 0 spiro atoms. The van der Waals surface area contributed by atoms with Crippen molar-refractivity contribution in [2.75, 3.05) is 31.2 Å². The summed E-state index contributed by atoms with van der Waals surface area (Å²) < 4.78 is 52.7. The highest BCUT2D eigenvalue weighted by Gasteiger charge is 2.30. The molecule has 2 aromatic rings. The Morgan fingerprint density at radius 1 is 1.19 bits per heavy atom. The van der Waals surface area contributed by atoms with Crippen molar-refractivity contribution in [2.24, 2.45) is 0 Å². The zero-order valence-corrected chi connectivity index (χ0v) is 18.3. The molecule has 1 fully saturated rings. The standard InChI is InChI=1S/C21H26F2N4O3S.CH4/c1-3-10-31(29,30)27-8-6-19(7-9-27)26(2)21(28)25-18-4-5-20(24-14-18)15-11-16(22)13-17(23)12-15;/h4-5,11-14,19H,3,6-10H2,1-2H3,(H,25,28);1H4. The molecule has 1 saturated heterocycles. The van der Waals surface area contributed by atoms with Crippen molar-refractivity contribution in [2.45, 2.75) is 39.7 Å². The van der Waals surface area contributed by atoms with Crippen molar-refractivity contribution >= 4 is 21.7 Å². The largest absolute Gasteiger partial charge is 0.325 e. The van der Waals surface area contributed by atoms with Crippen molar-refractivity contribution in [1.29, 1.82) is 0 Å². The summed E-state index contributed by atoms with van der Waals surface area (Å²) in [4.78, 5) is 18.3. The number of hydrogen-bond acceptors (Lipinski definition) is 4. The first-order chi connectivity index (χ1) is 14.7. The van der Waals surface area contributed by atoms with Crippen molar-refractivity contribution in [3.8, 4) is 11.3 Å². The zero-order valence-electron chi connectivity index (χ0n) is 17.5. The van der Waals surface area contributed by atoms with Crippen LogP contribution in [0.1, 0.15) is 33.6 Å². The number of aromatic nitrogens is 1. The molecule has 1 aliphatic heterocycles. The van der Waals surface area contributed by atoms with Gasteiger partial charge in [-0.25, -0.2) is 26.3 Å². The number of nitrogens with zero attached hydrogens (tertiary/aromatic N) is 3. The molecule has 0 unspecified atom stereocenters. The monoisotopic (exact) mass is 468 g/mol. The van der Waals surface area contributed by atoms with Crippen LogP contribution in [-0.2, 0) is 10.0 Å². The number of pyridine rings is 1. The number of hydrogen-bond donors (Lipinski definition) is 1. The van der Waals surface area contributed by atoms with Crippen LogP contribution in [0.3, 0.4) is 0 Å². The lowest BCUT2D eigenvalue weighted by atomic mass is 10.1. The number of benzene rings is 1. The molecule has 0 radical (unpaired) electrons. The molecule has 1 aliphatic rings. The highest BCUT2D eigenvalue weighted by molar-refractivity contribution is 7.89. The van der Waals surface area contributed by atoms with Gasteiger partial charge in [0.2, 0.25) is 10.0 Å². The summed E-state index contributed by atoms with van der Waals surface area (Å²) in [5, 5.41) is 2.75. The molecule has 176 valence electrons. The van der Waals surface area contributed by atoms with Crippen LogP contribution in [0.5, 0.6) is 0 Å². The molecular formula is C22H30F2N4O3S. The van der Waals surface area contributed by atoms with Gasteiger partial charge in [-0.05, 0) is 43.5 Å². The summed E-state index contributed by atoms with van der Waals surface area (Å²) >= 11 is 0. The van der Waals surface area contributed by atoms with E-state index in [0.29, 0.717) is 49.3 Å². The number of urea groups is 1. The minimum atomic E-state index is -3.22. The minimum Gasteiger partial charge on any atom is -0.325 e. The lowest BCUT2D eigenvalue weighted by Crippen LogP contribution is -2.48. The summed E-state index contributed by atoms with van der Waals surface area (Å²) in [5.41, 5.74) is 1.13. The van der Waals surface area contributed by atoms with Gasteiger partial charge in [0.1, 0.15) is 11.6 Å².